The van der Waals surface area contributed by atoms with Crippen LogP contribution in [0, 0.1) is 6.92 Å². The number of carbonyl (C=O) groups is 1. The van der Waals surface area contributed by atoms with Crippen LogP contribution in [-0.2, 0) is 10.0 Å². The van der Waals surface area contributed by atoms with Gasteiger partial charge in [0.2, 0.25) is 10.0 Å². The van der Waals surface area contributed by atoms with E-state index in [1.165, 1.54) is 0 Å². The van der Waals surface area contributed by atoms with Crippen LogP contribution in [0.4, 0.5) is 0 Å². The fourth-order valence-corrected chi connectivity index (χ4v) is 3.55. The van der Waals surface area contributed by atoms with Crippen LogP contribution in [-0.4, -0.2) is 44.6 Å². The Morgan fingerprint density at radius 2 is 1.95 bits per heavy atom. The van der Waals surface area contributed by atoms with E-state index in [2.05, 4.69) is 20.7 Å². The van der Waals surface area contributed by atoms with Crippen molar-refractivity contribution in [3.63, 3.8) is 0 Å². The van der Waals surface area contributed by atoms with Crippen LogP contribution in [0.15, 0.2) is 22.7 Å². The first-order valence-corrected chi connectivity index (χ1v) is 9.47. The zero-order chi connectivity index (χ0) is 15.6. The van der Waals surface area contributed by atoms with Crippen molar-refractivity contribution in [2.24, 2.45) is 0 Å². The lowest BCUT2D eigenvalue weighted by Gasteiger charge is -2.32. The molecule has 1 amide bonds. The lowest BCUT2D eigenvalue weighted by molar-refractivity contribution is 0.0711. The van der Waals surface area contributed by atoms with Gasteiger partial charge >= 0.3 is 0 Å². The molecule has 7 heteroatoms. The van der Waals surface area contributed by atoms with Crippen molar-refractivity contribution in [3.8, 4) is 0 Å². The molecular weight excluding hydrogens is 356 g/mol. The van der Waals surface area contributed by atoms with Crippen LogP contribution < -0.4 is 4.72 Å². The topological polar surface area (TPSA) is 66.5 Å². The summed E-state index contributed by atoms with van der Waals surface area (Å²) in [6.45, 7) is 3.09. The Morgan fingerprint density at radius 1 is 1.33 bits per heavy atom. The summed E-state index contributed by atoms with van der Waals surface area (Å²) in [6, 6.07) is 5.48. The van der Waals surface area contributed by atoms with Gasteiger partial charge in [-0.3, -0.25) is 4.79 Å². The van der Waals surface area contributed by atoms with Gasteiger partial charge in [0, 0.05) is 29.2 Å². The monoisotopic (exact) mass is 374 g/mol. The molecule has 2 rings (SSSR count). The molecule has 5 nitrogen and oxygen atoms in total. The second-order valence-corrected chi connectivity index (χ2v) is 8.05. The summed E-state index contributed by atoms with van der Waals surface area (Å²) in [7, 11) is -3.18. The molecule has 0 aromatic heterocycles. The van der Waals surface area contributed by atoms with Crippen LogP contribution in [0.25, 0.3) is 0 Å². The Morgan fingerprint density at radius 3 is 2.48 bits per heavy atom. The zero-order valence-electron chi connectivity index (χ0n) is 12.1. The number of nitrogens with one attached hydrogen (secondary N) is 1. The Bertz CT molecular complexity index is 638. The summed E-state index contributed by atoms with van der Waals surface area (Å²) in [5.41, 5.74) is 1.69. The van der Waals surface area contributed by atoms with E-state index in [9.17, 15) is 13.2 Å². The summed E-state index contributed by atoms with van der Waals surface area (Å²) in [6.07, 6.45) is 2.46. The average molecular weight is 375 g/mol. The van der Waals surface area contributed by atoms with Crippen molar-refractivity contribution >= 4 is 31.9 Å². The summed E-state index contributed by atoms with van der Waals surface area (Å²) >= 11 is 3.42. The van der Waals surface area contributed by atoms with Gasteiger partial charge in [-0.15, -0.1) is 0 Å². The third kappa shape index (κ3) is 4.52. The molecule has 1 fully saturated rings. The molecule has 1 N–H and O–H groups in total. The predicted octanol–water partition coefficient (Wildman–Crippen LogP) is 1.91. The van der Waals surface area contributed by atoms with Gasteiger partial charge in [-0.05, 0) is 43.5 Å². The number of amides is 1. The second kappa shape index (κ2) is 6.46. The van der Waals surface area contributed by atoms with E-state index in [-0.39, 0.29) is 11.9 Å². The number of rotatable bonds is 3. The Kier molecular flexibility index (Phi) is 5.06. The molecule has 116 valence electrons. The molecule has 1 saturated heterocycles. The highest BCUT2D eigenvalue weighted by molar-refractivity contribution is 9.10. The average Bonchev–Trinajstić information content (AvgIpc) is 2.40. The first-order chi connectivity index (χ1) is 9.76. The molecule has 0 atom stereocenters. The van der Waals surface area contributed by atoms with Crippen molar-refractivity contribution in [2.75, 3.05) is 19.3 Å². The maximum atomic E-state index is 12.4. The smallest absolute Gasteiger partial charge is 0.253 e. The third-order valence-electron chi connectivity index (χ3n) is 3.57. The van der Waals surface area contributed by atoms with E-state index in [4.69, 9.17) is 0 Å². The number of sulfonamides is 1. The lowest BCUT2D eigenvalue weighted by atomic mass is 10.0. The number of hydrogen-bond donors (Lipinski definition) is 1. The highest BCUT2D eigenvalue weighted by atomic mass is 79.9. The highest BCUT2D eigenvalue weighted by Gasteiger charge is 2.25. The molecule has 1 aromatic rings. The van der Waals surface area contributed by atoms with Gasteiger partial charge in [-0.1, -0.05) is 15.9 Å². The minimum absolute atomic E-state index is 0.00315. The third-order valence-corrected chi connectivity index (χ3v) is 5.22. The van der Waals surface area contributed by atoms with Crippen LogP contribution in [0.2, 0.25) is 0 Å². The normalized spacial score (nSPS) is 17.0. The van der Waals surface area contributed by atoms with Crippen LogP contribution >= 0.6 is 15.9 Å². The standard InChI is InChI=1S/C14H19BrN2O3S/c1-10-9-11(3-4-13(10)15)14(18)17-7-5-12(6-8-17)16-21(2,19)20/h3-4,9,12,16H,5-8H2,1-2H3. The van der Waals surface area contributed by atoms with Gasteiger partial charge in [-0.25, -0.2) is 13.1 Å². The Labute approximate surface area is 133 Å². The van der Waals surface area contributed by atoms with Crippen molar-refractivity contribution in [1.82, 2.24) is 9.62 Å². The molecule has 21 heavy (non-hydrogen) atoms. The number of piperidine rings is 1. The number of nitrogens with zero attached hydrogens (tertiary/aromatic N) is 1. The first kappa shape index (κ1) is 16.5. The van der Waals surface area contributed by atoms with E-state index >= 15 is 0 Å². The van der Waals surface area contributed by atoms with E-state index in [1.807, 2.05) is 19.1 Å². The summed E-state index contributed by atoms with van der Waals surface area (Å²) in [5.74, 6) is 0.00315. The fourth-order valence-electron chi connectivity index (χ4n) is 2.46. The highest BCUT2D eigenvalue weighted by Crippen LogP contribution is 2.20. The Hall–Kier alpha value is -0.920. The second-order valence-electron chi connectivity index (χ2n) is 5.42. The van der Waals surface area contributed by atoms with Crippen molar-refractivity contribution in [1.29, 1.82) is 0 Å². The molecule has 0 aliphatic carbocycles. The van der Waals surface area contributed by atoms with Gasteiger partial charge in [0.05, 0.1) is 6.26 Å². The number of likely N-dealkylation sites (tertiary alicyclic amines) is 1. The summed E-state index contributed by atoms with van der Waals surface area (Å²) < 4.78 is 26.0. The largest absolute Gasteiger partial charge is 0.339 e. The molecule has 0 radical (unpaired) electrons. The van der Waals surface area contributed by atoms with Gasteiger partial charge in [0.1, 0.15) is 0 Å². The first-order valence-electron chi connectivity index (χ1n) is 6.79. The summed E-state index contributed by atoms with van der Waals surface area (Å²) in [5, 5.41) is 0. The summed E-state index contributed by atoms with van der Waals surface area (Å²) in [4.78, 5) is 14.2. The number of hydrogen-bond acceptors (Lipinski definition) is 3. The maximum absolute atomic E-state index is 12.4. The molecule has 0 saturated carbocycles. The number of aryl methyl sites for hydroxylation is 1. The molecule has 1 aromatic carbocycles. The van der Waals surface area contributed by atoms with Gasteiger partial charge < -0.3 is 4.90 Å². The van der Waals surface area contributed by atoms with Gasteiger partial charge in [0.25, 0.3) is 5.91 Å². The molecule has 0 bridgehead atoms. The Balaban J connectivity index is 1.98. The van der Waals surface area contributed by atoms with Gasteiger partial charge in [0.15, 0.2) is 0 Å². The molecule has 0 spiro atoms. The number of halogens is 1. The van der Waals surface area contributed by atoms with Crippen molar-refractivity contribution in [2.45, 2.75) is 25.8 Å². The lowest BCUT2D eigenvalue weighted by Crippen LogP contribution is -2.46. The maximum Gasteiger partial charge on any atom is 0.253 e. The van der Waals surface area contributed by atoms with Crippen LogP contribution in [0.1, 0.15) is 28.8 Å². The van der Waals surface area contributed by atoms with Crippen molar-refractivity contribution in [3.05, 3.63) is 33.8 Å². The van der Waals surface area contributed by atoms with Crippen molar-refractivity contribution < 1.29 is 13.2 Å². The quantitative estimate of drug-likeness (QED) is 0.878. The predicted molar refractivity (Wildman–Crippen MR) is 85.8 cm³/mol. The minimum Gasteiger partial charge on any atom is -0.339 e. The van der Waals surface area contributed by atoms with Crippen LogP contribution in [0.5, 0.6) is 0 Å². The molecular formula is C14H19BrN2O3S. The van der Waals surface area contributed by atoms with Gasteiger partial charge in [-0.2, -0.15) is 0 Å². The fraction of sp³-hybridized carbons (Fsp3) is 0.500. The molecule has 0 unspecified atom stereocenters. The molecule has 1 heterocycles. The van der Waals surface area contributed by atoms with E-state index in [0.29, 0.717) is 31.5 Å². The number of benzene rings is 1. The van der Waals surface area contributed by atoms with E-state index < -0.39 is 10.0 Å². The van der Waals surface area contributed by atoms with E-state index in [1.54, 1.807) is 11.0 Å². The zero-order valence-corrected chi connectivity index (χ0v) is 14.5. The van der Waals surface area contributed by atoms with E-state index in [0.717, 1.165) is 16.3 Å². The van der Waals surface area contributed by atoms with Crippen LogP contribution in [0.3, 0.4) is 0 Å². The minimum atomic E-state index is -3.18. The SMILES string of the molecule is Cc1cc(C(=O)N2CCC(NS(C)(=O)=O)CC2)ccc1Br. The molecule has 1 aliphatic rings. The number of carbonyl (C=O) groups excluding carboxylic acids is 1. The molecule has 1 aliphatic heterocycles.